The number of rotatable bonds is 4. The fourth-order valence-corrected chi connectivity index (χ4v) is 1.96. The molecule has 0 unspecified atom stereocenters. The van der Waals surface area contributed by atoms with Gasteiger partial charge in [-0.15, -0.1) is 13.2 Å². The third kappa shape index (κ3) is 4.52. The lowest BCUT2D eigenvalue weighted by atomic mass is 10.2. The molecule has 0 aliphatic rings. The molecule has 1 aromatic rings. The van der Waals surface area contributed by atoms with E-state index in [1.807, 2.05) is 0 Å². The molecule has 0 radical (unpaired) electrons. The van der Waals surface area contributed by atoms with E-state index in [-0.39, 0.29) is 12.2 Å². The number of carbonyl (C=O) groups is 1. The molecule has 0 spiro atoms. The second-order valence-corrected chi connectivity index (χ2v) is 4.77. The van der Waals surface area contributed by atoms with E-state index in [0.717, 1.165) is 24.3 Å². The first-order chi connectivity index (χ1) is 8.65. The van der Waals surface area contributed by atoms with Crippen molar-refractivity contribution in [1.82, 2.24) is 0 Å². The third-order valence-electron chi connectivity index (χ3n) is 1.86. The number of halogens is 3. The number of alkyl halides is 3. The second kappa shape index (κ2) is 5.57. The van der Waals surface area contributed by atoms with Gasteiger partial charge in [0.25, 0.3) is 0 Å². The Morgan fingerprint density at radius 3 is 2.16 bits per heavy atom. The number of carbonyl (C=O) groups excluding carboxylic acids is 1. The number of hydrogen-bond donors (Lipinski definition) is 0. The molecular formula is C10H9F3O5S. The standard InChI is InChI=1S/C10H9F3O5S/c1-2-17-9(14)7-3-5-8(6-4-7)19(15,16)18-10(11,12)13/h3-6H,2H2,1H3. The normalized spacial score (nSPS) is 12.2. The summed E-state index contributed by atoms with van der Waals surface area (Å²) in [5.41, 5.74) is 0.0211. The molecule has 1 aromatic carbocycles. The monoisotopic (exact) mass is 298 g/mol. The lowest BCUT2D eigenvalue weighted by Gasteiger charge is -2.08. The van der Waals surface area contributed by atoms with Gasteiger partial charge in [-0.25, -0.2) is 4.79 Å². The SMILES string of the molecule is CCOC(=O)c1ccc(S(=O)(=O)OC(F)(F)F)cc1. The van der Waals surface area contributed by atoms with E-state index in [1.54, 1.807) is 6.92 Å². The Labute approximate surface area is 107 Å². The van der Waals surface area contributed by atoms with Crippen molar-refractivity contribution in [3.63, 3.8) is 0 Å². The van der Waals surface area contributed by atoms with Crippen molar-refractivity contribution in [2.45, 2.75) is 18.2 Å². The molecule has 0 amide bonds. The molecule has 0 atom stereocenters. The van der Waals surface area contributed by atoms with Crippen molar-refractivity contribution in [2.75, 3.05) is 6.61 Å². The molecule has 5 nitrogen and oxygen atoms in total. The van der Waals surface area contributed by atoms with E-state index in [2.05, 4.69) is 8.92 Å². The minimum Gasteiger partial charge on any atom is -0.462 e. The molecule has 0 aliphatic heterocycles. The van der Waals surface area contributed by atoms with Crippen molar-refractivity contribution in [2.24, 2.45) is 0 Å². The van der Waals surface area contributed by atoms with Gasteiger partial charge in [-0.3, -0.25) is 0 Å². The van der Waals surface area contributed by atoms with Crippen molar-refractivity contribution >= 4 is 16.1 Å². The predicted octanol–water partition coefficient (Wildman–Crippen LogP) is 2.09. The summed E-state index contributed by atoms with van der Waals surface area (Å²) in [7, 11) is -4.95. The number of hydrogen-bond acceptors (Lipinski definition) is 5. The van der Waals surface area contributed by atoms with Crippen molar-refractivity contribution in [1.29, 1.82) is 0 Å². The molecule has 0 fully saturated rings. The Balaban J connectivity index is 2.96. The molecule has 106 valence electrons. The van der Waals surface area contributed by atoms with E-state index < -0.39 is 27.3 Å². The minimum absolute atomic E-state index is 0.0211. The van der Waals surface area contributed by atoms with E-state index in [9.17, 15) is 26.4 Å². The fourth-order valence-electron chi connectivity index (χ4n) is 1.14. The molecule has 0 N–H and O–H groups in total. The van der Waals surface area contributed by atoms with Gasteiger partial charge < -0.3 is 4.74 Å². The van der Waals surface area contributed by atoms with Crippen LogP contribution in [0.3, 0.4) is 0 Å². The molecule has 19 heavy (non-hydrogen) atoms. The lowest BCUT2D eigenvalue weighted by molar-refractivity contribution is -0.271. The highest BCUT2D eigenvalue weighted by Crippen LogP contribution is 2.24. The number of benzene rings is 1. The van der Waals surface area contributed by atoms with E-state index in [1.165, 1.54) is 0 Å². The van der Waals surface area contributed by atoms with Crippen LogP contribution >= 0.6 is 0 Å². The van der Waals surface area contributed by atoms with E-state index >= 15 is 0 Å². The van der Waals surface area contributed by atoms with Crippen LogP contribution in [0.25, 0.3) is 0 Å². The van der Waals surface area contributed by atoms with Gasteiger partial charge in [0, 0.05) is 0 Å². The maximum absolute atomic E-state index is 11.9. The quantitative estimate of drug-likeness (QED) is 0.629. The molecule has 0 bridgehead atoms. The first kappa shape index (κ1) is 15.4. The van der Waals surface area contributed by atoms with Crippen LogP contribution in [0.15, 0.2) is 29.2 Å². The Morgan fingerprint density at radius 1 is 1.21 bits per heavy atom. The average molecular weight is 298 g/mol. The summed E-state index contributed by atoms with van der Waals surface area (Å²) in [5, 5.41) is 0. The fraction of sp³-hybridized carbons (Fsp3) is 0.300. The van der Waals surface area contributed by atoms with Gasteiger partial charge in [0.15, 0.2) is 0 Å². The van der Waals surface area contributed by atoms with Crippen LogP contribution in [-0.4, -0.2) is 27.4 Å². The van der Waals surface area contributed by atoms with E-state index in [0.29, 0.717) is 0 Å². The van der Waals surface area contributed by atoms with Crippen LogP contribution in [0.1, 0.15) is 17.3 Å². The average Bonchev–Trinajstić information content (AvgIpc) is 2.26. The van der Waals surface area contributed by atoms with Crippen LogP contribution in [0.5, 0.6) is 0 Å². The maximum atomic E-state index is 11.9. The van der Waals surface area contributed by atoms with Gasteiger partial charge in [-0.05, 0) is 31.2 Å². The molecule has 0 saturated heterocycles. The molecule has 0 heterocycles. The van der Waals surface area contributed by atoms with Gasteiger partial charge in [-0.1, -0.05) is 0 Å². The number of esters is 1. The summed E-state index contributed by atoms with van der Waals surface area (Å²) >= 11 is 0. The van der Waals surface area contributed by atoms with Crippen molar-refractivity contribution in [3.8, 4) is 0 Å². The first-order valence-corrected chi connectivity index (χ1v) is 6.36. The molecule has 0 saturated carbocycles. The summed E-state index contributed by atoms with van der Waals surface area (Å²) in [5.74, 6) is -0.705. The van der Waals surface area contributed by atoms with Crippen LogP contribution in [0.2, 0.25) is 0 Å². The smallest absolute Gasteiger partial charge is 0.462 e. The maximum Gasteiger partial charge on any atom is 0.537 e. The Bertz CT molecular complexity index is 548. The molecular weight excluding hydrogens is 289 g/mol. The molecule has 0 aromatic heterocycles. The second-order valence-electron chi connectivity index (χ2n) is 3.23. The zero-order chi connectivity index (χ0) is 14.7. The van der Waals surface area contributed by atoms with Gasteiger partial charge >= 0.3 is 22.4 Å². The van der Waals surface area contributed by atoms with Gasteiger partial charge in [0.05, 0.1) is 17.1 Å². The summed E-state index contributed by atoms with van der Waals surface area (Å²) in [6, 6.07) is 3.72. The largest absolute Gasteiger partial charge is 0.537 e. The highest BCUT2D eigenvalue weighted by Gasteiger charge is 2.37. The molecule has 1 rings (SSSR count). The van der Waals surface area contributed by atoms with Crippen LogP contribution in [0, 0.1) is 0 Å². The van der Waals surface area contributed by atoms with Crippen molar-refractivity contribution in [3.05, 3.63) is 29.8 Å². The summed E-state index contributed by atoms with van der Waals surface area (Å²) in [6.45, 7) is 1.70. The lowest BCUT2D eigenvalue weighted by Crippen LogP contribution is -2.19. The Morgan fingerprint density at radius 2 is 1.74 bits per heavy atom. The van der Waals surface area contributed by atoms with Crippen LogP contribution in [-0.2, 0) is 19.0 Å². The summed E-state index contributed by atoms with van der Waals surface area (Å²) < 4.78 is 65.6. The zero-order valence-corrected chi connectivity index (χ0v) is 10.4. The number of ether oxygens (including phenoxy) is 1. The first-order valence-electron chi connectivity index (χ1n) is 4.95. The van der Waals surface area contributed by atoms with E-state index in [4.69, 9.17) is 0 Å². The molecule has 0 aliphatic carbocycles. The van der Waals surface area contributed by atoms with Gasteiger partial charge in [0.2, 0.25) is 0 Å². The highest BCUT2D eigenvalue weighted by atomic mass is 32.2. The minimum atomic E-state index is -5.31. The molecule has 9 heteroatoms. The Kier molecular flexibility index (Phi) is 4.53. The highest BCUT2D eigenvalue weighted by molar-refractivity contribution is 7.86. The Hall–Kier alpha value is -1.61. The van der Waals surface area contributed by atoms with Gasteiger partial charge in [-0.2, -0.15) is 12.6 Å². The van der Waals surface area contributed by atoms with Crippen molar-refractivity contribution < 1.29 is 35.3 Å². The third-order valence-corrected chi connectivity index (χ3v) is 3.12. The van der Waals surface area contributed by atoms with Crippen LogP contribution in [0.4, 0.5) is 13.2 Å². The van der Waals surface area contributed by atoms with Gasteiger partial charge in [0.1, 0.15) is 0 Å². The summed E-state index contributed by atoms with van der Waals surface area (Å²) in [6.07, 6.45) is -5.31. The topological polar surface area (TPSA) is 69.7 Å². The summed E-state index contributed by atoms with van der Waals surface area (Å²) in [4.78, 5) is 10.5. The predicted molar refractivity (Wildman–Crippen MR) is 56.7 cm³/mol. The van der Waals surface area contributed by atoms with Crippen LogP contribution < -0.4 is 0 Å². The zero-order valence-electron chi connectivity index (χ0n) is 9.60.